The van der Waals surface area contributed by atoms with Crippen LogP contribution in [-0.2, 0) is 9.53 Å². The first-order chi connectivity index (χ1) is 9.13. The number of carbonyl (C=O) groups excluding carboxylic acids is 1. The first kappa shape index (κ1) is 15.9. The molecule has 110 valence electrons. The van der Waals surface area contributed by atoms with Crippen LogP contribution in [0.25, 0.3) is 0 Å². The Morgan fingerprint density at radius 1 is 1.20 bits per heavy atom. The number of anilines is 1. The molecule has 5 nitrogen and oxygen atoms in total. The molecule has 1 rings (SSSR count). The van der Waals surface area contributed by atoms with Crippen molar-refractivity contribution in [1.82, 2.24) is 0 Å². The van der Waals surface area contributed by atoms with Crippen LogP contribution < -0.4 is 5.32 Å². The molecule has 0 aromatic heterocycles. The molecule has 20 heavy (non-hydrogen) atoms. The minimum absolute atomic E-state index is 0.371. The second-order valence-corrected chi connectivity index (χ2v) is 3.60. The summed E-state index contributed by atoms with van der Waals surface area (Å²) >= 11 is 0. The molecule has 1 aromatic carbocycles. The van der Waals surface area contributed by atoms with Crippen molar-refractivity contribution in [1.29, 1.82) is 0 Å². The summed E-state index contributed by atoms with van der Waals surface area (Å²) in [7, 11) is 0.371. The Kier molecular flexibility index (Phi) is 4.33. The van der Waals surface area contributed by atoms with Crippen LogP contribution in [0.15, 0.2) is 24.3 Å². The number of carbonyl (C=O) groups is 2. The molecule has 0 unspecified atom stereocenters. The van der Waals surface area contributed by atoms with E-state index in [4.69, 9.17) is 5.11 Å². The van der Waals surface area contributed by atoms with Gasteiger partial charge in [-0.2, -0.15) is 17.6 Å². The molecule has 1 amide bonds. The number of ether oxygens (including phenoxy) is 1. The van der Waals surface area contributed by atoms with Crippen LogP contribution in [0.4, 0.5) is 23.2 Å². The van der Waals surface area contributed by atoms with Gasteiger partial charge in [-0.3, -0.25) is 4.79 Å². The fourth-order valence-electron chi connectivity index (χ4n) is 1.32. The van der Waals surface area contributed by atoms with Crippen molar-refractivity contribution < 1.29 is 37.0 Å². The maximum Gasteiger partial charge on any atom is 0.458 e. The monoisotopic (exact) mass is 295 g/mol. The number of carboxylic acids is 1. The van der Waals surface area contributed by atoms with Gasteiger partial charge in [0.15, 0.2) is 0 Å². The number of aromatic carboxylic acids is 1. The predicted molar refractivity (Wildman–Crippen MR) is 58.9 cm³/mol. The Balaban J connectivity index is 3.11. The van der Waals surface area contributed by atoms with Gasteiger partial charge < -0.3 is 15.2 Å². The number of halogens is 4. The first-order valence-electron chi connectivity index (χ1n) is 5.08. The highest BCUT2D eigenvalue weighted by Gasteiger charge is 2.63. The van der Waals surface area contributed by atoms with Crippen molar-refractivity contribution in [3.8, 4) is 0 Å². The molecule has 0 aliphatic carbocycles. The number of methoxy groups -OCH3 is 1. The minimum Gasteiger partial charge on any atom is -0.478 e. The number of rotatable bonds is 4. The summed E-state index contributed by atoms with van der Waals surface area (Å²) in [5.74, 6) is -8.23. The van der Waals surface area contributed by atoms with E-state index in [1.54, 1.807) is 5.32 Å². The SMILES string of the molecule is CO[C@](F)(C(=O)Nc1ccccc1C(=O)O)C(F)(F)F. The van der Waals surface area contributed by atoms with Crippen molar-refractivity contribution >= 4 is 17.6 Å². The maximum absolute atomic E-state index is 13.5. The van der Waals surface area contributed by atoms with E-state index in [2.05, 4.69) is 4.74 Å². The Morgan fingerprint density at radius 2 is 1.75 bits per heavy atom. The van der Waals surface area contributed by atoms with Gasteiger partial charge in [-0.25, -0.2) is 4.79 Å². The van der Waals surface area contributed by atoms with Crippen LogP contribution >= 0.6 is 0 Å². The van der Waals surface area contributed by atoms with Gasteiger partial charge in [0.2, 0.25) is 0 Å². The van der Waals surface area contributed by atoms with Crippen molar-refractivity contribution in [3.63, 3.8) is 0 Å². The molecule has 0 fully saturated rings. The molecule has 0 aliphatic rings. The highest BCUT2D eigenvalue weighted by Crippen LogP contribution is 2.35. The molecule has 1 atom stereocenters. The summed E-state index contributed by atoms with van der Waals surface area (Å²) in [6, 6.07) is 4.62. The van der Waals surface area contributed by atoms with Crippen molar-refractivity contribution in [2.24, 2.45) is 0 Å². The molecule has 0 saturated heterocycles. The van der Waals surface area contributed by atoms with Gasteiger partial charge in [0, 0.05) is 7.11 Å². The Labute approximate surface area is 110 Å². The predicted octanol–water partition coefficient (Wildman–Crippen LogP) is 2.20. The van der Waals surface area contributed by atoms with Crippen LogP contribution in [0.1, 0.15) is 10.4 Å². The zero-order chi connectivity index (χ0) is 15.6. The van der Waals surface area contributed by atoms with E-state index in [9.17, 15) is 27.2 Å². The minimum atomic E-state index is -5.61. The summed E-state index contributed by atoms with van der Waals surface area (Å²) in [6.45, 7) is 0. The van der Waals surface area contributed by atoms with Gasteiger partial charge in [-0.1, -0.05) is 12.1 Å². The van der Waals surface area contributed by atoms with E-state index in [-0.39, 0.29) is 0 Å². The number of benzene rings is 1. The van der Waals surface area contributed by atoms with Gasteiger partial charge in [0.1, 0.15) is 0 Å². The van der Waals surface area contributed by atoms with Crippen LogP contribution in [0.2, 0.25) is 0 Å². The number of hydrogen-bond acceptors (Lipinski definition) is 3. The van der Waals surface area contributed by atoms with E-state index in [1.165, 1.54) is 12.1 Å². The molecule has 0 bridgehead atoms. The lowest BCUT2D eigenvalue weighted by molar-refractivity contribution is -0.305. The highest BCUT2D eigenvalue weighted by atomic mass is 19.4. The van der Waals surface area contributed by atoms with Gasteiger partial charge >= 0.3 is 18.0 Å². The number of amides is 1. The van der Waals surface area contributed by atoms with Crippen LogP contribution in [-0.4, -0.2) is 36.1 Å². The van der Waals surface area contributed by atoms with Crippen molar-refractivity contribution in [2.75, 3.05) is 12.4 Å². The molecule has 0 heterocycles. The van der Waals surface area contributed by atoms with Gasteiger partial charge in [0.25, 0.3) is 5.91 Å². The standard InChI is InChI=1S/C11H9F4NO4/c1-20-10(12,11(13,14)15)9(19)16-7-5-3-2-4-6(7)8(17)18/h2-5H,1H3,(H,16,19)(H,17,18)/t10-/m1/s1. The molecular formula is C11H9F4NO4. The normalized spacial score (nSPS) is 14.4. The molecule has 9 heteroatoms. The summed E-state index contributed by atoms with van der Waals surface area (Å²) in [5, 5.41) is 10.4. The summed E-state index contributed by atoms with van der Waals surface area (Å²) in [4.78, 5) is 22.2. The summed E-state index contributed by atoms with van der Waals surface area (Å²) in [5.41, 5.74) is -0.963. The molecule has 0 aliphatic heterocycles. The average molecular weight is 295 g/mol. The number of alkyl halides is 4. The van der Waals surface area contributed by atoms with E-state index >= 15 is 0 Å². The highest BCUT2D eigenvalue weighted by molar-refractivity contribution is 6.03. The summed E-state index contributed by atoms with van der Waals surface area (Å²) < 4.78 is 54.4. The molecule has 0 radical (unpaired) electrons. The fourth-order valence-corrected chi connectivity index (χ4v) is 1.32. The zero-order valence-electron chi connectivity index (χ0n) is 9.99. The lowest BCUT2D eigenvalue weighted by Crippen LogP contribution is -2.52. The van der Waals surface area contributed by atoms with Crippen molar-refractivity contribution in [2.45, 2.75) is 12.0 Å². The topological polar surface area (TPSA) is 75.6 Å². The van der Waals surface area contributed by atoms with E-state index in [0.717, 1.165) is 12.1 Å². The molecule has 2 N–H and O–H groups in total. The zero-order valence-corrected chi connectivity index (χ0v) is 9.99. The second kappa shape index (κ2) is 5.45. The number of para-hydroxylation sites is 1. The second-order valence-electron chi connectivity index (χ2n) is 3.60. The van der Waals surface area contributed by atoms with Gasteiger partial charge in [-0.05, 0) is 12.1 Å². The first-order valence-corrected chi connectivity index (χ1v) is 5.08. The lowest BCUT2D eigenvalue weighted by Gasteiger charge is -2.25. The molecular weight excluding hydrogens is 286 g/mol. The van der Waals surface area contributed by atoms with Crippen LogP contribution in [0.5, 0.6) is 0 Å². The lowest BCUT2D eigenvalue weighted by atomic mass is 10.1. The number of carboxylic acid groups (broad SMARTS) is 1. The Morgan fingerprint density at radius 3 is 2.20 bits per heavy atom. The van der Waals surface area contributed by atoms with Crippen molar-refractivity contribution in [3.05, 3.63) is 29.8 Å². The van der Waals surface area contributed by atoms with Gasteiger partial charge in [0.05, 0.1) is 11.3 Å². The number of nitrogens with one attached hydrogen (secondary N) is 1. The van der Waals surface area contributed by atoms with Gasteiger partial charge in [-0.15, -0.1) is 0 Å². The smallest absolute Gasteiger partial charge is 0.458 e. The molecule has 0 saturated carbocycles. The summed E-state index contributed by atoms with van der Waals surface area (Å²) in [6.07, 6.45) is -5.61. The number of hydrogen-bond donors (Lipinski definition) is 2. The largest absolute Gasteiger partial charge is 0.478 e. The molecule has 0 spiro atoms. The maximum atomic E-state index is 13.5. The fraction of sp³-hybridized carbons (Fsp3) is 0.273. The third kappa shape index (κ3) is 2.87. The third-order valence-corrected chi connectivity index (χ3v) is 2.34. The Bertz CT molecular complexity index is 531. The molecule has 1 aromatic rings. The average Bonchev–Trinajstić information content (AvgIpc) is 2.36. The Hall–Kier alpha value is -2.16. The van der Waals surface area contributed by atoms with Crippen LogP contribution in [0, 0.1) is 0 Å². The van der Waals surface area contributed by atoms with E-state index in [1.807, 2.05) is 0 Å². The van der Waals surface area contributed by atoms with E-state index in [0.29, 0.717) is 7.11 Å². The van der Waals surface area contributed by atoms with Crippen LogP contribution in [0.3, 0.4) is 0 Å². The quantitative estimate of drug-likeness (QED) is 0.835. The van der Waals surface area contributed by atoms with E-state index < -0.39 is 35.2 Å². The third-order valence-electron chi connectivity index (χ3n) is 2.34.